The molecule has 0 saturated carbocycles. The van der Waals surface area contributed by atoms with E-state index in [1.54, 1.807) is 6.07 Å². The summed E-state index contributed by atoms with van der Waals surface area (Å²) in [6.07, 6.45) is 2.95. The van der Waals surface area contributed by atoms with E-state index >= 15 is 0 Å². The summed E-state index contributed by atoms with van der Waals surface area (Å²) in [6, 6.07) is 5.83. The monoisotopic (exact) mass is 289 g/mol. The first kappa shape index (κ1) is 15.7. The number of hydrogen-bond donors (Lipinski definition) is 1. The third-order valence-corrected chi connectivity index (χ3v) is 3.44. The summed E-state index contributed by atoms with van der Waals surface area (Å²) >= 11 is 0. The number of benzene rings is 1. The van der Waals surface area contributed by atoms with Crippen LogP contribution in [-0.4, -0.2) is 15.8 Å². The van der Waals surface area contributed by atoms with Gasteiger partial charge in [0.15, 0.2) is 0 Å². The predicted octanol–water partition coefficient (Wildman–Crippen LogP) is 3.91. The Bertz CT molecular complexity index is 602. The maximum Gasteiger partial charge on any atom is 0.131 e. The summed E-state index contributed by atoms with van der Waals surface area (Å²) in [7, 11) is 0. The fourth-order valence-electron chi connectivity index (χ4n) is 2.33. The van der Waals surface area contributed by atoms with E-state index in [-0.39, 0.29) is 5.82 Å². The average Bonchev–Trinajstić information content (AvgIpc) is 2.78. The van der Waals surface area contributed by atoms with Crippen LogP contribution in [0.2, 0.25) is 0 Å². The lowest BCUT2D eigenvalue weighted by Crippen LogP contribution is -2.21. The van der Waals surface area contributed by atoms with Crippen LogP contribution >= 0.6 is 0 Å². The van der Waals surface area contributed by atoms with Gasteiger partial charge in [0.05, 0.1) is 5.69 Å². The van der Waals surface area contributed by atoms with Gasteiger partial charge in [-0.1, -0.05) is 32.9 Å². The van der Waals surface area contributed by atoms with Crippen LogP contribution in [-0.2, 0) is 13.1 Å². The molecule has 1 N–H and O–H groups in total. The molecule has 21 heavy (non-hydrogen) atoms. The van der Waals surface area contributed by atoms with Crippen molar-refractivity contribution in [1.29, 1.82) is 0 Å². The van der Waals surface area contributed by atoms with Gasteiger partial charge in [-0.05, 0) is 25.0 Å². The van der Waals surface area contributed by atoms with Gasteiger partial charge in [-0.15, -0.1) is 0 Å². The third-order valence-electron chi connectivity index (χ3n) is 3.44. The highest BCUT2D eigenvalue weighted by Crippen LogP contribution is 2.26. The van der Waals surface area contributed by atoms with Gasteiger partial charge in [-0.2, -0.15) is 5.10 Å². The van der Waals surface area contributed by atoms with Crippen LogP contribution in [0.25, 0.3) is 11.1 Å². The minimum Gasteiger partial charge on any atom is -0.310 e. The molecular formula is C17H24FN3. The minimum atomic E-state index is -0.183. The Morgan fingerprint density at radius 1 is 1.29 bits per heavy atom. The molecule has 3 nitrogen and oxygen atoms in total. The van der Waals surface area contributed by atoms with E-state index in [1.807, 2.05) is 29.9 Å². The molecular weight excluding hydrogens is 265 g/mol. The smallest absolute Gasteiger partial charge is 0.131 e. The van der Waals surface area contributed by atoms with Crippen molar-refractivity contribution in [2.75, 3.05) is 0 Å². The summed E-state index contributed by atoms with van der Waals surface area (Å²) in [5.74, 6) is -0.183. The van der Waals surface area contributed by atoms with Crippen molar-refractivity contribution < 1.29 is 4.39 Å². The molecule has 0 atom stereocenters. The molecule has 1 aromatic carbocycles. The van der Waals surface area contributed by atoms with Gasteiger partial charge in [0.1, 0.15) is 5.82 Å². The van der Waals surface area contributed by atoms with Crippen molar-refractivity contribution in [1.82, 2.24) is 15.1 Å². The number of nitrogens with one attached hydrogen (secondary N) is 1. The quantitative estimate of drug-likeness (QED) is 0.874. The largest absolute Gasteiger partial charge is 0.310 e. The van der Waals surface area contributed by atoms with Crippen LogP contribution in [0.3, 0.4) is 0 Å². The Labute approximate surface area is 126 Å². The van der Waals surface area contributed by atoms with E-state index in [2.05, 4.69) is 31.2 Å². The Morgan fingerprint density at radius 3 is 2.67 bits per heavy atom. The number of nitrogens with zero attached hydrogens (tertiary/aromatic N) is 2. The van der Waals surface area contributed by atoms with Gasteiger partial charge in [-0.25, -0.2) is 4.39 Å². The van der Waals surface area contributed by atoms with E-state index < -0.39 is 0 Å². The lowest BCUT2D eigenvalue weighted by atomic mass is 10.0. The van der Waals surface area contributed by atoms with Crippen molar-refractivity contribution in [3.63, 3.8) is 0 Å². The molecule has 2 rings (SSSR count). The first-order chi connectivity index (χ1) is 10.0. The molecule has 2 aromatic rings. The van der Waals surface area contributed by atoms with E-state index in [0.29, 0.717) is 18.2 Å². The van der Waals surface area contributed by atoms with Crippen molar-refractivity contribution in [2.24, 2.45) is 0 Å². The van der Waals surface area contributed by atoms with E-state index in [1.165, 1.54) is 0 Å². The maximum absolute atomic E-state index is 14.4. The van der Waals surface area contributed by atoms with E-state index in [0.717, 1.165) is 29.8 Å². The van der Waals surface area contributed by atoms with Gasteiger partial charge < -0.3 is 5.32 Å². The minimum absolute atomic E-state index is 0.183. The lowest BCUT2D eigenvalue weighted by Gasteiger charge is -2.09. The fraction of sp³-hybridized carbons (Fsp3) is 0.471. The molecule has 0 aliphatic rings. The molecule has 1 aromatic heterocycles. The first-order valence-electron chi connectivity index (χ1n) is 7.57. The summed E-state index contributed by atoms with van der Waals surface area (Å²) in [5, 5.41) is 7.73. The van der Waals surface area contributed by atoms with Crippen molar-refractivity contribution in [3.05, 3.63) is 41.5 Å². The number of halogens is 1. The van der Waals surface area contributed by atoms with Gasteiger partial charge in [-0.3, -0.25) is 4.68 Å². The van der Waals surface area contributed by atoms with Crippen LogP contribution in [0, 0.1) is 12.7 Å². The van der Waals surface area contributed by atoms with Gasteiger partial charge in [0.2, 0.25) is 0 Å². The summed E-state index contributed by atoms with van der Waals surface area (Å²) in [4.78, 5) is 0. The highest BCUT2D eigenvalue weighted by molar-refractivity contribution is 5.66. The molecule has 0 radical (unpaired) electrons. The van der Waals surface area contributed by atoms with Crippen molar-refractivity contribution in [3.8, 4) is 11.1 Å². The van der Waals surface area contributed by atoms with E-state index in [9.17, 15) is 4.39 Å². The summed E-state index contributed by atoms with van der Waals surface area (Å²) in [6.45, 7) is 9.73. The van der Waals surface area contributed by atoms with Crippen LogP contribution in [0.5, 0.6) is 0 Å². The number of aryl methyl sites for hydroxylation is 2. The Morgan fingerprint density at radius 2 is 2.05 bits per heavy atom. The summed E-state index contributed by atoms with van der Waals surface area (Å²) in [5.41, 5.74) is 3.34. The molecule has 0 saturated heterocycles. The summed E-state index contributed by atoms with van der Waals surface area (Å²) < 4.78 is 16.3. The van der Waals surface area contributed by atoms with Crippen LogP contribution < -0.4 is 5.32 Å². The lowest BCUT2D eigenvalue weighted by molar-refractivity contribution is 0.582. The zero-order chi connectivity index (χ0) is 15.4. The Kier molecular flexibility index (Phi) is 5.12. The molecule has 0 spiro atoms. The average molecular weight is 289 g/mol. The zero-order valence-corrected chi connectivity index (χ0v) is 13.3. The Hall–Kier alpha value is -1.68. The van der Waals surface area contributed by atoms with Crippen molar-refractivity contribution in [2.45, 2.75) is 53.2 Å². The standard InChI is InChI=1S/C17H24FN3/c1-5-8-21-11-16(13(4)20-21)15-7-6-14(9-17(15)18)10-19-12(2)3/h6-7,9,11-12,19H,5,8,10H2,1-4H3. The second-order valence-electron chi connectivity index (χ2n) is 5.74. The highest BCUT2D eigenvalue weighted by atomic mass is 19.1. The van der Waals surface area contributed by atoms with Gasteiger partial charge in [0, 0.05) is 36.5 Å². The number of hydrogen-bond acceptors (Lipinski definition) is 2. The van der Waals surface area contributed by atoms with E-state index in [4.69, 9.17) is 0 Å². The van der Waals surface area contributed by atoms with Crippen LogP contribution in [0.4, 0.5) is 4.39 Å². The molecule has 0 aliphatic heterocycles. The molecule has 1 heterocycles. The molecule has 114 valence electrons. The maximum atomic E-state index is 14.4. The van der Waals surface area contributed by atoms with Gasteiger partial charge >= 0.3 is 0 Å². The normalized spacial score (nSPS) is 11.3. The third kappa shape index (κ3) is 3.91. The zero-order valence-electron chi connectivity index (χ0n) is 13.3. The molecule has 0 unspecified atom stereocenters. The van der Waals surface area contributed by atoms with Crippen LogP contribution in [0.1, 0.15) is 38.4 Å². The Balaban J connectivity index is 2.24. The molecule has 0 fully saturated rings. The van der Waals surface area contributed by atoms with Crippen molar-refractivity contribution >= 4 is 0 Å². The fourth-order valence-corrected chi connectivity index (χ4v) is 2.33. The number of rotatable bonds is 6. The SMILES string of the molecule is CCCn1cc(-c2ccc(CNC(C)C)cc2F)c(C)n1. The second kappa shape index (κ2) is 6.85. The molecule has 0 aliphatic carbocycles. The van der Waals surface area contributed by atoms with Crippen LogP contribution in [0.15, 0.2) is 24.4 Å². The topological polar surface area (TPSA) is 29.9 Å². The molecule has 0 bridgehead atoms. The second-order valence-corrected chi connectivity index (χ2v) is 5.74. The predicted molar refractivity (Wildman–Crippen MR) is 84.6 cm³/mol. The van der Waals surface area contributed by atoms with Gasteiger partial charge in [0.25, 0.3) is 0 Å². The molecule has 0 amide bonds. The molecule has 4 heteroatoms. The highest BCUT2D eigenvalue weighted by Gasteiger charge is 2.12. The number of aromatic nitrogens is 2. The first-order valence-corrected chi connectivity index (χ1v) is 7.57.